The molecule has 0 aliphatic heterocycles. The molecule has 2 aromatic rings. The van der Waals surface area contributed by atoms with E-state index in [0.717, 1.165) is 0 Å². The first-order valence-electron chi connectivity index (χ1n) is 7.99. The molecule has 1 saturated carbocycles. The van der Waals surface area contributed by atoms with E-state index >= 15 is 0 Å². The number of hydrogen-bond donors (Lipinski definition) is 1. The van der Waals surface area contributed by atoms with Gasteiger partial charge in [-0.1, -0.05) is 24.3 Å². The lowest BCUT2D eigenvalue weighted by atomic mass is 9.76. The third-order valence-corrected chi connectivity index (χ3v) is 5.75. The van der Waals surface area contributed by atoms with Crippen LogP contribution >= 0.6 is 0 Å². The quantitative estimate of drug-likeness (QED) is 0.869. The van der Waals surface area contributed by atoms with Crippen LogP contribution in [0.4, 0.5) is 4.39 Å². The van der Waals surface area contributed by atoms with Crippen molar-refractivity contribution in [3.8, 4) is 5.75 Å². The molecular formula is C18H20FNO3S. The van der Waals surface area contributed by atoms with Crippen molar-refractivity contribution in [1.82, 2.24) is 4.72 Å². The van der Waals surface area contributed by atoms with Gasteiger partial charge in [0, 0.05) is 12.1 Å². The van der Waals surface area contributed by atoms with Crippen molar-refractivity contribution in [1.29, 1.82) is 0 Å². The minimum atomic E-state index is -3.60. The molecule has 6 heteroatoms. The number of ether oxygens (including phenoxy) is 1. The molecule has 0 saturated heterocycles. The maximum absolute atomic E-state index is 13.8. The Morgan fingerprint density at radius 3 is 2.62 bits per heavy atom. The smallest absolute Gasteiger partial charge is 0.240 e. The molecule has 0 aromatic heterocycles. The highest BCUT2D eigenvalue weighted by Crippen LogP contribution is 2.38. The predicted octanol–water partition coefficient (Wildman–Crippen LogP) is 3.45. The number of nitrogens with one attached hydrogen (secondary N) is 1. The van der Waals surface area contributed by atoms with Gasteiger partial charge >= 0.3 is 0 Å². The van der Waals surface area contributed by atoms with Gasteiger partial charge < -0.3 is 4.74 Å². The Kier molecular flexibility index (Phi) is 4.87. The summed E-state index contributed by atoms with van der Waals surface area (Å²) in [5.74, 6) is 0.361. The van der Waals surface area contributed by atoms with Gasteiger partial charge in [-0.25, -0.2) is 17.5 Å². The Hall–Kier alpha value is -1.92. The third kappa shape index (κ3) is 3.60. The number of halogens is 1. The molecule has 1 N–H and O–H groups in total. The van der Waals surface area contributed by atoms with Crippen molar-refractivity contribution in [3.63, 3.8) is 0 Å². The van der Waals surface area contributed by atoms with Crippen LogP contribution in [0.15, 0.2) is 53.4 Å². The first kappa shape index (κ1) is 16.9. The average Bonchev–Trinajstić information content (AvgIpc) is 2.52. The van der Waals surface area contributed by atoms with Gasteiger partial charge in [-0.3, -0.25) is 0 Å². The van der Waals surface area contributed by atoms with Crippen molar-refractivity contribution < 1.29 is 17.5 Å². The summed E-state index contributed by atoms with van der Waals surface area (Å²) in [7, 11) is -3.60. The van der Waals surface area contributed by atoms with Crippen LogP contribution in [0, 0.1) is 5.82 Å². The fraction of sp³-hybridized carbons (Fsp3) is 0.333. The molecule has 1 aliphatic rings. The zero-order valence-corrected chi connectivity index (χ0v) is 14.2. The molecule has 0 unspecified atom stereocenters. The molecule has 1 aliphatic carbocycles. The summed E-state index contributed by atoms with van der Waals surface area (Å²) in [5, 5.41) is 0. The highest BCUT2D eigenvalue weighted by Gasteiger charge is 2.34. The predicted molar refractivity (Wildman–Crippen MR) is 90.1 cm³/mol. The second kappa shape index (κ2) is 6.91. The van der Waals surface area contributed by atoms with E-state index in [2.05, 4.69) is 4.72 Å². The summed E-state index contributed by atoms with van der Waals surface area (Å²) >= 11 is 0. The number of sulfonamides is 1. The maximum atomic E-state index is 13.8. The van der Waals surface area contributed by atoms with E-state index in [1.807, 2.05) is 6.92 Å². The van der Waals surface area contributed by atoms with Gasteiger partial charge in [0.15, 0.2) is 0 Å². The largest absolute Gasteiger partial charge is 0.494 e. The number of hydrogen-bond acceptors (Lipinski definition) is 3. The Morgan fingerprint density at radius 2 is 1.92 bits per heavy atom. The molecule has 24 heavy (non-hydrogen) atoms. The average molecular weight is 349 g/mol. The Bertz CT molecular complexity index is 817. The molecule has 2 aromatic carbocycles. The lowest BCUT2D eigenvalue weighted by molar-refractivity contribution is 0.318. The third-order valence-electron chi connectivity index (χ3n) is 4.23. The lowest BCUT2D eigenvalue weighted by Crippen LogP contribution is -2.43. The summed E-state index contributed by atoms with van der Waals surface area (Å²) < 4.78 is 46.7. The van der Waals surface area contributed by atoms with E-state index in [0.29, 0.717) is 30.8 Å². The summed E-state index contributed by atoms with van der Waals surface area (Å²) in [6.07, 6.45) is 1.20. The van der Waals surface area contributed by atoms with Gasteiger partial charge in [0.2, 0.25) is 10.0 Å². The van der Waals surface area contributed by atoms with E-state index in [9.17, 15) is 12.8 Å². The van der Waals surface area contributed by atoms with Gasteiger partial charge in [0.25, 0.3) is 0 Å². The second-order valence-corrected chi connectivity index (χ2v) is 7.63. The fourth-order valence-electron chi connectivity index (χ4n) is 2.96. The minimum Gasteiger partial charge on any atom is -0.494 e. The summed E-state index contributed by atoms with van der Waals surface area (Å²) in [4.78, 5) is 0.183. The summed E-state index contributed by atoms with van der Waals surface area (Å²) in [6.45, 7) is 2.32. The van der Waals surface area contributed by atoms with E-state index in [1.54, 1.807) is 30.3 Å². The SMILES string of the molecule is CCOc1cccc(S(=O)(=O)NC2CC(c3ccccc3F)C2)c1. The molecule has 3 rings (SSSR count). The Balaban J connectivity index is 1.65. The first-order chi connectivity index (χ1) is 11.5. The summed E-state index contributed by atoms with van der Waals surface area (Å²) in [5.41, 5.74) is 0.659. The minimum absolute atomic E-state index is 0.0636. The van der Waals surface area contributed by atoms with Crippen LogP contribution in [-0.2, 0) is 10.0 Å². The first-order valence-corrected chi connectivity index (χ1v) is 9.47. The van der Waals surface area contributed by atoms with Gasteiger partial charge in [-0.15, -0.1) is 0 Å². The van der Waals surface area contributed by atoms with Crippen LogP contribution in [0.5, 0.6) is 5.75 Å². The molecule has 1 fully saturated rings. The standard InChI is InChI=1S/C18H20FNO3S/c1-2-23-15-6-5-7-16(12-15)24(21,22)20-14-10-13(11-14)17-8-3-4-9-18(17)19/h3-9,12-14,20H,2,10-11H2,1H3. The molecular weight excluding hydrogens is 329 g/mol. The molecule has 0 radical (unpaired) electrons. The highest BCUT2D eigenvalue weighted by molar-refractivity contribution is 7.89. The molecule has 0 spiro atoms. The molecule has 0 atom stereocenters. The Morgan fingerprint density at radius 1 is 1.17 bits per heavy atom. The zero-order chi connectivity index (χ0) is 17.2. The zero-order valence-electron chi connectivity index (χ0n) is 13.4. The number of rotatable bonds is 6. The van der Waals surface area contributed by atoms with Crippen molar-refractivity contribution in [3.05, 3.63) is 59.9 Å². The van der Waals surface area contributed by atoms with E-state index < -0.39 is 10.0 Å². The van der Waals surface area contributed by atoms with Gasteiger partial charge in [-0.2, -0.15) is 0 Å². The Labute approximate surface area is 141 Å². The van der Waals surface area contributed by atoms with Crippen molar-refractivity contribution in [2.75, 3.05) is 6.61 Å². The van der Waals surface area contributed by atoms with Crippen LogP contribution in [0.3, 0.4) is 0 Å². The van der Waals surface area contributed by atoms with Crippen LogP contribution in [0.2, 0.25) is 0 Å². The summed E-state index contributed by atoms with van der Waals surface area (Å²) in [6, 6.07) is 12.9. The van der Waals surface area contributed by atoms with Crippen LogP contribution in [0.25, 0.3) is 0 Å². The molecule has 0 heterocycles. The van der Waals surface area contributed by atoms with E-state index in [-0.39, 0.29) is 22.7 Å². The van der Waals surface area contributed by atoms with Gasteiger partial charge in [0.05, 0.1) is 11.5 Å². The monoisotopic (exact) mass is 349 g/mol. The molecule has 0 bridgehead atoms. The van der Waals surface area contributed by atoms with E-state index in [1.165, 1.54) is 18.2 Å². The normalized spacial score (nSPS) is 20.4. The second-order valence-electron chi connectivity index (χ2n) is 5.92. The van der Waals surface area contributed by atoms with Crippen LogP contribution < -0.4 is 9.46 Å². The van der Waals surface area contributed by atoms with Crippen LogP contribution in [0.1, 0.15) is 31.2 Å². The lowest BCUT2D eigenvalue weighted by Gasteiger charge is -2.36. The number of benzene rings is 2. The molecule has 4 nitrogen and oxygen atoms in total. The van der Waals surface area contributed by atoms with Crippen molar-refractivity contribution >= 4 is 10.0 Å². The topological polar surface area (TPSA) is 55.4 Å². The maximum Gasteiger partial charge on any atom is 0.240 e. The molecule has 0 amide bonds. The fourth-order valence-corrected chi connectivity index (χ4v) is 4.26. The van der Waals surface area contributed by atoms with Gasteiger partial charge in [-0.05, 0) is 49.4 Å². The van der Waals surface area contributed by atoms with Crippen molar-refractivity contribution in [2.45, 2.75) is 36.6 Å². The van der Waals surface area contributed by atoms with Gasteiger partial charge in [0.1, 0.15) is 11.6 Å². The van der Waals surface area contributed by atoms with Crippen LogP contribution in [-0.4, -0.2) is 21.1 Å². The highest BCUT2D eigenvalue weighted by atomic mass is 32.2. The van der Waals surface area contributed by atoms with E-state index in [4.69, 9.17) is 4.74 Å². The molecule has 128 valence electrons. The van der Waals surface area contributed by atoms with Crippen molar-refractivity contribution in [2.24, 2.45) is 0 Å².